The quantitative estimate of drug-likeness (QED) is 0.816. The standard InChI is InChI=1S/C14H15ClNO/c15-12-2-1-10-5-9-3-4-14(7-9,13(16)17)8-11(10)6-12/h1-2,6-7,9H,3-5,8H2,(H2,16,17). The molecule has 3 heteroatoms. The first-order chi connectivity index (χ1) is 8.09. The van der Waals surface area contributed by atoms with Crippen LogP contribution in [0.1, 0.15) is 24.0 Å². The van der Waals surface area contributed by atoms with Gasteiger partial charge in [0.25, 0.3) is 0 Å². The number of primary amides is 1. The second-order valence-electron chi connectivity index (χ2n) is 5.28. The van der Waals surface area contributed by atoms with E-state index in [1.165, 1.54) is 11.1 Å². The second-order valence-corrected chi connectivity index (χ2v) is 5.72. The van der Waals surface area contributed by atoms with Gasteiger partial charge >= 0.3 is 0 Å². The fourth-order valence-electron chi connectivity index (χ4n) is 3.24. The minimum Gasteiger partial charge on any atom is -0.369 e. The molecule has 0 spiro atoms. The lowest BCUT2D eigenvalue weighted by Gasteiger charge is -2.24. The summed E-state index contributed by atoms with van der Waals surface area (Å²) in [4.78, 5) is 11.7. The van der Waals surface area contributed by atoms with Crippen LogP contribution < -0.4 is 5.73 Å². The molecule has 1 saturated carbocycles. The molecule has 1 amide bonds. The fourth-order valence-corrected chi connectivity index (χ4v) is 3.44. The van der Waals surface area contributed by atoms with Crippen molar-refractivity contribution in [1.29, 1.82) is 0 Å². The van der Waals surface area contributed by atoms with E-state index in [1.54, 1.807) is 0 Å². The zero-order valence-electron chi connectivity index (χ0n) is 9.58. The Balaban J connectivity index is 2.07. The Labute approximate surface area is 106 Å². The Morgan fingerprint density at radius 1 is 1.41 bits per heavy atom. The van der Waals surface area contributed by atoms with Crippen LogP contribution in [-0.2, 0) is 17.6 Å². The lowest BCUT2D eigenvalue weighted by Crippen LogP contribution is -2.37. The Morgan fingerprint density at radius 2 is 2.24 bits per heavy atom. The molecule has 1 aromatic rings. The molecule has 2 atom stereocenters. The van der Waals surface area contributed by atoms with Crippen molar-refractivity contribution in [3.63, 3.8) is 0 Å². The summed E-state index contributed by atoms with van der Waals surface area (Å²) in [7, 11) is 0. The predicted octanol–water partition coefficient (Wildman–Crippen LogP) is 2.52. The molecule has 89 valence electrons. The van der Waals surface area contributed by atoms with Gasteiger partial charge in [0.1, 0.15) is 0 Å². The molecule has 17 heavy (non-hydrogen) atoms. The van der Waals surface area contributed by atoms with E-state index in [4.69, 9.17) is 17.3 Å². The minimum atomic E-state index is -0.430. The van der Waals surface area contributed by atoms with Crippen LogP contribution in [0, 0.1) is 17.8 Å². The highest BCUT2D eigenvalue weighted by atomic mass is 35.5. The van der Waals surface area contributed by atoms with E-state index in [9.17, 15) is 4.79 Å². The molecule has 0 heterocycles. The first kappa shape index (κ1) is 11.1. The highest BCUT2D eigenvalue weighted by Crippen LogP contribution is 2.47. The van der Waals surface area contributed by atoms with Gasteiger partial charge in [-0.05, 0) is 61.3 Å². The van der Waals surface area contributed by atoms with Gasteiger partial charge in [-0.1, -0.05) is 17.7 Å². The first-order valence-electron chi connectivity index (χ1n) is 6.02. The van der Waals surface area contributed by atoms with Gasteiger partial charge in [0.15, 0.2) is 0 Å². The van der Waals surface area contributed by atoms with E-state index in [0.29, 0.717) is 12.3 Å². The van der Waals surface area contributed by atoms with Gasteiger partial charge in [0.05, 0.1) is 5.41 Å². The molecular formula is C14H15ClNO. The number of hydrogen-bond donors (Lipinski definition) is 1. The lowest BCUT2D eigenvalue weighted by molar-refractivity contribution is -0.125. The molecule has 0 aliphatic heterocycles. The van der Waals surface area contributed by atoms with Gasteiger partial charge < -0.3 is 5.73 Å². The summed E-state index contributed by atoms with van der Waals surface area (Å²) in [6, 6.07) is 5.99. The lowest BCUT2D eigenvalue weighted by atomic mass is 9.79. The molecule has 3 rings (SSSR count). The summed E-state index contributed by atoms with van der Waals surface area (Å²) < 4.78 is 0. The molecule has 1 radical (unpaired) electrons. The van der Waals surface area contributed by atoms with Crippen LogP contribution >= 0.6 is 11.6 Å². The molecule has 0 saturated heterocycles. The number of halogens is 1. The van der Waals surface area contributed by atoms with Crippen molar-refractivity contribution < 1.29 is 4.79 Å². The van der Waals surface area contributed by atoms with Crippen molar-refractivity contribution >= 4 is 17.5 Å². The van der Waals surface area contributed by atoms with Crippen molar-refractivity contribution in [2.45, 2.75) is 25.7 Å². The Hall–Kier alpha value is -1.02. The van der Waals surface area contributed by atoms with Crippen LogP contribution in [0.15, 0.2) is 18.2 Å². The van der Waals surface area contributed by atoms with Crippen LogP contribution in [0.2, 0.25) is 5.02 Å². The number of hydrogen-bond acceptors (Lipinski definition) is 1. The molecule has 2 N–H and O–H groups in total. The Kier molecular flexibility index (Phi) is 2.44. The van der Waals surface area contributed by atoms with Crippen LogP contribution in [0.3, 0.4) is 0 Å². The maximum atomic E-state index is 11.7. The Bertz CT molecular complexity index is 485. The van der Waals surface area contributed by atoms with E-state index in [0.717, 1.165) is 24.3 Å². The van der Waals surface area contributed by atoms with Crippen molar-refractivity contribution in [3.05, 3.63) is 40.8 Å². The van der Waals surface area contributed by atoms with Gasteiger partial charge in [-0.3, -0.25) is 4.79 Å². The number of benzene rings is 1. The minimum absolute atomic E-state index is 0.187. The maximum absolute atomic E-state index is 11.7. The first-order valence-corrected chi connectivity index (χ1v) is 6.40. The molecule has 2 unspecified atom stereocenters. The topological polar surface area (TPSA) is 43.1 Å². The highest BCUT2D eigenvalue weighted by Gasteiger charge is 2.46. The average molecular weight is 249 g/mol. The smallest absolute Gasteiger partial charge is 0.224 e. The van der Waals surface area contributed by atoms with Gasteiger partial charge in [-0.2, -0.15) is 0 Å². The number of amides is 1. The third-order valence-corrected chi connectivity index (χ3v) is 4.40. The van der Waals surface area contributed by atoms with E-state index in [2.05, 4.69) is 12.5 Å². The molecule has 1 fully saturated rings. The zero-order chi connectivity index (χ0) is 12.0. The number of nitrogens with two attached hydrogens (primary N) is 1. The van der Waals surface area contributed by atoms with E-state index in [1.807, 2.05) is 12.1 Å². The van der Waals surface area contributed by atoms with Gasteiger partial charge in [0.2, 0.25) is 5.91 Å². The van der Waals surface area contributed by atoms with Crippen molar-refractivity contribution in [2.24, 2.45) is 17.1 Å². The molecule has 2 aliphatic carbocycles. The molecule has 0 aromatic heterocycles. The summed E-state index contributed by atoms with van der Waals surface area (Å²) >= 11 is 6.03. The molecular weight excluding hydrogens is 234 g/mol. The van der Waals surface area contributed by atoms with E-state index >= 15 is 0 Å². The van der Waals surface area contributed by atoms with Gasteiger partial charge in [-0.15, -0.1) is 0 Å². The normalized spacial score (nSPS) is 30.8. The maximum Gasteiger partial charge on any atom is 0.224 e. The molecule has 2 nitrogen and oxygen atoms in total. The van der Waals surface area contributed by atoms with Gasteiger partial charge in [-0.25, -0.2) is 0 Å². The monoisotopic (exact) mass is 248 g/mol. The summed E-state index contributed by atoms with van der Waals surface area (Å²) in [5.41, 5.74) is 7.68. The summed E-state index contributed by atoms with van der Waals surface area (Å²) in [6.07, 6.45) is 5.88. The molecule has 2 aliphatic rings. The zero-order valence-corrected chi connectivity index (χ0v) is 10.3. The fraction of sp³-hybridized carbons (Fsp3) is 0.429. The number of carbonyl (C=O) groups is 1. The third-order valence-electron chi connectivity index (χ3n) is 4.16. The van der Waals surface area contributed by atoms with Crippen LogP contribution in [0.5, 0.6) is 0 Å². The van der Waals surface area contributed by atoms with Crippen molar-refractivity contribution in [2.75, 3.05) is 0 Å². The Morgan fingerprint density at radius 3 is 3.00 bits per heavy atom. The molecule has 2 bridgehead atoms. The second kappa shape index (κ2) is 3.74. The van der Waals surface area contributed by atoms with Crippen LogP contribution in [-0.4, -0.2) is 5.91 Å². The van der Waals surface area contributed by atoms with Crippen molar-refractivity contribution in [3.8, 4) is 0 Å². The third kappa shape index (κ3) is 1.75. The van der Waals surface area contributed by atoms with Crippen molar-refractivity contribution in [1.82, 2.24) is 0 Å². The number of rotatable bonds is 1. The van der Waals surface area contributed by atoms with E-state index in [-0.39, 0.29) is 5.91 Å². The van der Waals surface area contributed by atoms with E-state index < -0.39 is 5.41 Å². The van der Waals surface area contributed by atoms with Crippen LogP contribution in [0.4, 0.5) is 0 Å². The number of fused-ring (bicyclic) bond motifs is 3. The summed E-state index contributed by atoms with van der Waals surface area (Å²) in [6.45, 7) is 0. The number of carbonyl (C=O) groups excluding carboxylic acids is 1. The van der Waals surface area contributed by atoms with Gasteiger partial charge in [0, 0.05) is 5.02 Å². The summed E-state index contributed by atoms with van der Waals surface area (Å²) in [5, 5.41) is 0.737. The van der Waals surface area contributed by atoms with Crippen LogP contribution in [0.25, 0.3) is 0 Å². The SMILES string of the molecule is NC(=O)C12[CH]C(CC1)Cc1ccc(Cl)cc1C2. The summed E-state index contributed by atoms with van der Waals surface area (Å²) in [5.74, 6) is 0.303. The average Bonchev–Trinajstić information content (AvgIpc) is 2.57. The molecule has 1 aromatic carbocycles. The highest BCUT2D eigenvalue weighted by molar-refractivity contribution is 6.30. The predicted molar refractivity (Wildman–Crippen MR) is 67.5 cm³/mol. The largest absolute Gasteiger partial charge is 0.369 e.